The van der Waals surface area contributed by atoms with Crippen LogP contribution >= 0.6 is 11.3 Å². The lowest BCUT2D eigenvalue weighted by Gasteiger charge is -2.14. The van der Waals surface area contributed by atoms with Gasteiger partial charge in [0.15, 0.2) is 0 Å². The van der Waals surface area contributed by atoms with Gasteiger partial charge in [0.2, 0.25) is 5.82 Å². The van der Waals surface area contributed by atoms with E-state index in [1.165, 1.54) is 28.3 Å². The van der Waals surface area contributed by atoms with Crippen molar-refractivity contribution in [3.63, 3.8) is 0 Å². The molecule has 5 nitrogen and oxygen atoms in total. The van der Waals surface area contributed by atoms with Gasteiger partial charge in [-0.2, -0.15) is 0 Å². The molecule has 126 valence electrons. The molecule has 1 aliphatic carbocycles. The van der Waals surface area contributed by atoms with Gasteiger partial charge in [-0.25, -0.2) is 9.37 Å². The van der Waals surface area contributed by atoms with Crippen molar-refractivity contribution in [2.75, 3.05) is 0 Å². The van der Waals surface area contributed by atoms with Crippen LogP contribution in [0.1, 0.15) is 38.6 Å². The third kappa shape index (κ3) is 2.22. The maximum atomic E-state index is 13.4. The van der Waals surface area contributed by atoms with Gasteiger partial charge in [0.1, 0.15) is 10.6 Å². The summed E-state index contributed by atoms with van der Waals surface area (Å²) in [4.78, 5) is 35.8. The van der Waals surface area contributed by atoms with E-state index >= 15 is 0 Å². The molecule has 1 aromatic carbocycles. The second-order valence-corrected chi connectivity index (χ2v) is 7.61. The average Bonchev–Trinajstić information content (AvgIpc) is 3.26. The van der Waals surface area contributed by atoms with Crippen molar-refractivity contribution in [3.05, 3.63) is 61.8 Å². The zero-order chi connectivity index (χ0) is 17.1. The molecule has 0 saturated carbocycles. The van der Waals surface area contributed by atoms with E-state index in [4.69, 9.17) is 0 Å². The van der Waals surface area contributed by atoms with E-state index in [0.717, 1.165) is 36.0 Å². The van der Waals surface area contributed by atoms with Crippen molar-refractivity contribution >= 4 is 27.5 Å². The summed E-state index contributed by atoms with van der Waals surface area (Å²) in [5, 5.41) is 0.640. The van der Waals surface area contributed by atoms with Crippen molar-refractivity contribution < 1.29 is 9.18 Å². The van der Waals surface area contributed by atoms with Gasteiger partial charge < -0.3 is 9.88 Å². The zero-order valence-corrected chi connectivity index (χ0v) is 14.1. The second-order valence-electron chi connectivity index (χ2n) is 6.53. The van der Waals surface area contributed by atoms with Gasteiger partial charge >= 0.3 is 0 Å². The summed E-state index contributed by atoms with van der Waals surface area (Å²) >= 11 is 1.51. The van der Waals surface area contributed by atoms with E-state index < -0.39 is 0 Å². The molecule has 0 fully saturated rings. The van der Waals surface area contributed by atoms with Gasteiger partial charge in [-0.15, -0.1) is 11.3 Å². The molecule has 2 aliphatic rings. The Hall–Kier alpha value is -2.54. The molecule has 0 atom stereocenters. The molecule has 7 heteroatoms. The molecule has 0 bridgehead atoms. The second kappa shape index (κ2) is 5.23. The Bertz CT molecular complexity index is 1100. The summed E-state index contributed by atoms with van der Waals surface area (Å²) in [5.41, 5.74) is 2.58. The molecule has 0 unspecified atom stereocenters. The molecule has 3 heterocycles. The topological polar surface area (TPSA) is 66.1 Å². The molecule has 5 rings (SSSR count). The Morgan fingerprint density at radius 2 is 2.08 bits per heavy atom. The molecular weight excluding hydrogens is 341 g/mol. The number of carbonyl (C=O) groups excluding carboxylic acids is 1. The first kappa shape index (κ1) is 14.8. The highest BCUT2D eigenvalue weighted by Crippen LogP contribution is 2.34. The largest absolute Gasteiger partial charge is 0.327 e. The van der Waals surface area contributed by atoms with Crippen molar-refractivity contribution in [1.29, 1.82) is 0 Å². The molecule has 0 saturated heterocycles. The van der Waals surface area contributed by atoms with Crippen molar-refractivity contribution in [2.45, 2.75) is 32.4 Å². The molecule has 1 aliphatic heterocycles. The number of nitrogens with one attached hydrogen (secondary N) is 1. The third-order valence-corrected chi connectivity index (χ3v) is 6.14. The monoisotopic (exact) mass is 355 g/mol. The van der Waals surface area contributed by atoms with E-state index in [9.17, 15) is 14.0 Å². The Balaban J connectivity index is 1.52. The zero-order valence-electron chi connectivity index (χ0n) is 13.3. The molecule has 0 radical (unpaired) electrons. The van der Waals surface area contributed by atoms with Crippen LogP contribution in [0.5, 0.6) is 0 Å². The summed E-state index contributed by atoms with van der Waals surface area (Å²) in [7, 11) is 0. The van der Waals surface area contributed by atoms with Gasteiger partial charge in [-0.05, 0) is 48.1 Å². The minimum atomic E-state index is -0.329. The Morgan fingerprint density at radius 3 is 2.96 bits per heavy atom. The Morgan fingerprint density at radius 1 is 1.24 bits per heavy atom. The van der Waals surface area contributed by atoms with Crippen LogP contribution in [0.4, 0.5) is 4.39 Å². The highest BCUT2D eigenvalue weighted by Gasteiger charge is 2.28. The minimum absolute atomic E-state index is 0.0608. The van der Waals surface area contributed by atoms with Crippen molar-refractivity contribution in [3.8, 4) is 0 Å². The predicted molar refractivity (Wildman–Crippen MR) is 92.2 cm³/mol. The lowest BCUT2D eigenvalue weighted by molar-refractivity contribution is 0.0739. The average molecular weight is 355 g/mol. The van der Waals surface area contributed by atoms with Crippen LogP contribution in [0.25, 0.3) is 10.2 Å². The number of aromatic nitrogens is 2. The van der Waals surface area contributed by atoms with E-state index in [-0.39, 0.29) is 23.1 Å². The lowest BCUT2D eigenvalue weighted by atomic mass is 10.1. The summed E-state index contributed by atoms with van der Waals surface area (Å²) in [5.74, 6) is -0.580. The quantitative estimate of drug-likeness (QED) is 0.730. The number of thiophene rings is 1. The number of hydrogen-bond acceptors (Lipinski definition) is 4. The number of nitrogens with zero attached hydrogens (tertiary/aromatic N) is 2. The van der Waals surface area contributed by atoms with Gasteiger partial charge in [-0.3, -0.25) is 9.59 Å². The fraction of sp³-hybridized carbons (Fsp3) is 0.278. The van der Waals surface area contributed by atoms with Gasteiger partial charge in [0.25, 0.3) is 11.5 Å². The standard InChI is InChI=1S/C18H14FN3O2S/c19-11-5-4-9-7-22(8-10(9)6-11)18(24)15-20-16(23)14-12-2-1-3-13(12)25-17(14)21-15/h4-6H,1-3,7-8H2,(H,20,21,23). The van der Waals surface area contributed by atoms with Crippen LogP contribution in [0, 0.1) is 5.82 Å². The maximum Gasteiger partial charge on any atom is 0.290 e. The number of H-pyrrole nitrogens is 1. The van der Waals surface area contributed by atoms with E-state index in [1.807, 2.05) is 0 Å². The van der Waals surface area contributed by atoms with Crippen LogP contribution in [-0.2, 0) is 25.9 Å². The predicted octanol–water partition coefficient (Wildman–Crippen LogP) is 2.77. The Labute approximate surface area is 146 Å². The number of halogens is 1. The first-order chi connectivity index (χ1) is 12.1. The number of aryl methyl sites for hydroxylation is 2. The smallest absolute Gasteiger partial charge is 0.290 e. The number of hydrogen-bond donors (Lipinski definition) is 1. The fourth-order valence-electron chi connectivity index (χ4n) is 3.76. The van der Waals surface area contributed by atoms with Gasteiger partial charge in [0.05, 0.1) is 5.39 Å². The molecule has 0 spiro atoms. The van der Waals surface area contributed by atoms with Crippen LogP contribution in [0.3, 0.4) is 0 Å². The molecule has 2 aromatic heterocycles. The highest BCUT2D eigenvalue weighted by atomic mass is 32.1. The molecule has 25 heavy (non-hydrogen) atoms. The SMILES string of the molecule is O=C(c1nc2sc3c(c2c(=O)[nH]1)CCC3)N1Cc2ccc(F)cc2C1. The Kier molecular flexibility index (Phi) is 3.09. The molecule has 1 amide bonds. The van der Waals surface area contributed by atoms with Crippen molar-refractivity contribution in [1.82, 2.24) is 14.9 Å². The van der Waals surface area contributed by atoms with Crippen LogP contribution in [0.15, 0.2) is 23.0 Å². The number of rotatable bonds is 1. The number of carbonyl (C=O) groups is 1. The van der Waals surface area contributed by atoms with Gasteiger partial charge in [0, 0.05) is 18.0 Å². The van der Waals surface area contributed by atoms with E-state index in [2.05, 4.69) is 9.97 Å². The fourth-order valence-corrected chi connectivity index (χ4v) is 5.02. The van der Waals surface area contributed by atoms with Crippen LogP contribution in [-0.4, -0.2) is 20.8 Å². The van der Waals surface area contributed by atoms with Crippen molar-refractivity contribution in [2.24, 2.45) is 0 Å². The maximum absolute atomic E-state index is 13.4. The summed E-state index contributed by atoms with van der Waals surface area (Å²) < 4.78 is 13.4. The normalized spacial score (nSPS) is 15.6. The van der Waals surface area contributed by atoms with Crippen LogP contribution < -0.4 is 5.56 Å². The first-order valence-corrected chi connectivity index (χ1v) is 9.03. The molecule has 3 aromatic rings. The van der Waals surface area contributed by atoms with E-state index in [0.29, 0.717) is 23.3 Å². The summed E-state index contributed by atoms with van der Waals surface area (Å²) in [6.45, 7) is 0.728. The molecule has 1 N–H and O–H groups in total. The summed E-state index contributed by atoms with van der Waals surface area (Å²) in [6, 6.07) is 4.54. The number of fused-ring (bicyclic) bond motifs is 4. The number of benzene rings is 1. The van der Waals surface area contributed by atoms with E-state index in [1.54, 1.807) is 11.0 Å². The lowest BCUT2D eigenvalue weighted by Crippen LogP contribution is -2.29. The minimum Gasteiger partial charge on any atom is -0.327 e. The summed E-state index contributed by atoms with van der Waals surface area (Å²) in [6.07, 6.45) is 2.95. The number of aromatic amines is 1. The number of amides is 1. The highest BCUT2D eigenvalue weighted by molar-refractivity contribution is 7.18. The van der Waals surface area contributed by atoms with Crippen LogP contribution in [0.2, 0.25) is 0 Å². The first-order valence-electron chi connectivity index (χ1n) is 8.21. The van der Waals surface area contributed by atoms with Gasteiger partial charge in [-0.1, -0.05) is 6.07 Å². The third-order valence-electron chi connectivity index (χ3n) is 4.96. The molecular formula is C18H14FN3O2S.